The zero-order valence-corrected chi connectivity index (χ0v) is 15.1. The van der Waals surface area contributed by atoms with Crippen LogP contribution in [0, 0.1) is 6.92 Å². The second kappa shape index (κ2) is 5.27. The number of anilines is 1. The Bertz CT molecular complexity index is 593. The van der Waals surface area contributed by atoms with E-state index in [1.165, 1.54) is 0 Å². The fraction of sp³-hybridized carbons (Fsp3) is 0.750. The predicted molar refractivity (Wildman–Crippen MR) is 90.0 cm³/mol. The van der Waals surface area contributed by atoms with Crippen molar-refractivity contribution in [1.29, 1.82) is 0 Å². The van der Waals surface area contributed by atoms with Gasteiger partial charge in [-0.25, -0.2) is 9.97 Å². The zero-order chi connectivity index (χ0) is 16.1. The first kappa shape index (κ1) is 15.9. The quantitative estimate of drug-likeness (QED) is 0.834. The average molecular weight is 323 g/mol. The van der Waals surface area contributed by atoms with Gasteiger partial charge in [0.2, 0.25) is 0 Å². The van der Waals surface area contributed by atoms with Gasteiger partial charge in [-0.15, -0.1) is 0 Å². The molecule has 22 heavy (non-hydrogen) atoms. The Labute approximate surface area is 136 Å². The normalized spacial score (nSPS) is 27.9. The number of thioether (sulfide) groups is 1. The van der Waals surface area contributed by atoms with Gasteiger partial charge in [-0.05, 0) is 40.9 Å². The smallest absolute Gasteiger partial charge is 0.184 e. The lowest BCUT2D eigenvalue weighted by Gasteiger charge is -2.52. The van der Waals surface area contributed by atoms with Crippen molar-refractivity contribution in [3.8, 4) is 5.75 Å². The lowest BCUT2D eigenvalue weighted by Crippen LogP contribution is -2.64. The Kier molecular flexibility index (Phi) is 3.80. The van der Waals surface area contributed by atoms with Gasteiger partial charge in [0.25, 0.3) is 0 Å². The minimum Gasteiger partial charge on any atom is -0.485 e. The Morgan fingerprint density at radius 3 is 2.73 bits per heavy atom. The molecule has 0 unspecified atom stereocenters. The summed E-state index contributed by atoms with van der Waals surface area (Å²) in [4.78, 5) is 11.8. The number of morpholine rings is 1. The summed E-state index contributed by atoms with van der Waals surface area (Å²) < 4.78 is 11.8. The molecule has 0 radical (unpaired) electrons. The number of aryl methyl sites for hydroxylation is 1. The molecule has 122 valence electrons. The molecular formula is C16H25N3O2S. The minimum absolute atomic E-state index is 0.110. The summed E-state index contributed by atoms with van der Waals surface area (Å²) in [5.41, 5.74) is 0.829. The fourth-order valence-electron chi connectivity index (χ4n) is 3.28. The Balaban J connectivity index is 2.18. The van der Waals surface area contributed by atoms with Crippen LogP contribution < -0.4 is 9.64 Å². The maximum Gasteiger partial charge on any atom is 0.184 e. The van der Waals surface area contributed by atoms with Gasteiger partial charge in [0, 0.05) is 0 Å². The molecule has 2 atom stereocenters. The molecule has 2 aliphatic rings. The number of hydrogen-bond acceptors (Lipinski definition) is 6. The molecule has 0 amide bonds. The van der Waals surface area contributed by atoms with E-state index < -0.39 is 0 Å². The molecule has 0 bridgehead atoms. The van der Waals surface area contributed by atoms with Crippen LogP contribution in [0.3, 0.4) is 0 Å². The van der Waals surface area contributed by atoms with Crippen LogP contribution in [0.1, 0.15) is 39.2 Å². The summed E-state index contributed by atoms with van der Waals surface area (Å²) in [6.07, 6.45) is 2.11. The van der Waals surface area contributed by atoms with Gasteiger partial charge in [-0.1, -0.05) is 0 Å². The SMILES string of the molecule is CSC(C)(C)c1nc(C)nc2c1OC[C@]1(C)COC[C@@H](C)N21. The van der Waals surface area contributed by atoms with Crippen molar-refractivity contribution in [3.63, 3.8) is 0 Å². The highest BCUT2D eigenvalue weighted by Gasteiger charge is 2.47. The van der Waals surface area contributed by atoms with Crippen molar-refractivity contribution >= 4 is 17.6 Å². The number of aromatic nitrogens is 2. The van der Waals surface area contributed by atoms with E-state index in [1.54, 1.807) is 11.8 Å². The van der Waals surface area contributed by atoms with Crippen molar-refractivity contribution in [1.82, 2.24) is 9.97 Å². The second-order valence-electron chi connectivity index (χ2n) is 7.01. The van der Waals surface area contributed by atoms with Gasteiger partial charge in [0.15, 0.2) is 11.6 Å². The minimum atomic E-state index is -0.160. The number of rotatable bonds is 2. The Hall–Kier alpha value is -1.01. The van der Waals surface area contributed by atoms with Gasteiger partial charge in [0.1, 0.15) is 18.1 Å². The highest BCUT2D eigenvalue weighted by atomic mass is 32.2. The number of nitrogens with zero attached hydrogens (tertiary/aromatic N) is 3. The molecule has 0 spiro atoms. The molecule has 6 heteroatoms. The summed E-state index contributed by atoms with van der Waals surface area (Å²) >= 11 is 1.78. The standard InChI is InChI=1S/C16H25N3O2S/c1-10-7-20-8-16(5)9-21-12-13(15(3,4)22-6)17-11(2)18-14(12)19(10)16/h10H,7-9H2,1-6H3/t10-,16+/m1/s1. The van der Waals surface area contributed by atoms with Crippen molar-refractivity contribution in [2.45, 2.75) is 50.9 Å². The Morgan fingerprint density at radius 2 is 2.05 bits per heavy atom. The predicted octanol–water partition coefficient (Wildman–Crippen LogP) is 2.76. The monoisotopic (exact) mass is 323 g/mol. The van der Waals surface area contributed by atoms with Crippen LogP contribution in [-0.2, 0) is 9.48 Å². The van der Waals surface area contributed by atoms with E-state index >= 15 is 0 Å². The van der Waals surface area contributed by atoms with Crippen LogP contribution in [0.25, 0.3) is 0 Å². The van der Waals surface area contributed by atoms with Crippen LogP contribution in [-0.4, -0.2) is 47.6 Å². The van der Waals surface area contributed by atoms with E-state index in [2.05, 4.69) is 38.9 Å². The lowest BCUT2D eigenvalue weighted by atomic mass is 9.95. The molecule has 0 N–H and O–H groups in total. The molecule has 3 heterocycles. The molecular weight excluding hydrogens is 298 g/mol. The summed E-state index contributed by atoms with van der Waals surface area (Å²) in [7, 11) is 0. The number of hydrogen-bond donors (Lipinski definition) is 0. The molecule has 1 aromatic rings. The van der Waals surface area contributed by atoms with Crippen molar-refractivity contribution in [2.24, 2.45) is 0 Å². The third-order valence-electron chi connectivity index (χ3n) is 4.59. The van der Waals surface area contributed by atoms with Gasteiger partial charge in [-0.2, -0.15) is 11.8 Å². The Morgan fingerprint density at radius 1 is 1.32 bits per heavy atom. The first-order valence-corrected chi connectivity index (χ1v) is 8.95. The second-order valence-corrected chi connectivity index (χ2v) is 8.44. The van der Waals surface area contributed by atoms with Crippen LogP contribution in [0.15, 0.2) is 0 Å². The molecule has 0 aromatic carbocycles. The summed E-state index contributed by atoms with van der Waals surface area (Å²) in [6.45, 7) is 12.7. The molecule has 3 rings (SSSR count). The number of fused-ring (bicyclic) bond motifs is 3. The van der Waals surface area contributed by atoms with E-state index in [4.69, 9.17) is 19.4 Å². The third kappa shape index (κ3) is 2.36. The van der Waals surface area contributed by atoms with E-state index in [0.717, 1.165) is 29.7 Å². The van der Waals surface area contributed by atoms with Crippen LogP contribution in [0.5, 0.6) is 5.75 Å². The molecule has 5 nitrogen and oxygen atoms in total. The lowest BCUT2D eigenvalue weighted by molar-refractivity contribution is 0.00698. The topological polar surface area (TPSA) is 47.5 Å². The van der Waals surface area contributed by atoms with Gasteiger partial charge in [-0.3, -0.25) is 0 Å². The first-order chi connectivity index (χ1) is 10.3. The van der Waals surface area contributed by atoms with Gasteiger partial charge < -0.3 is 14.4 Å². The van der Waals surface area contributed by atoms with Gasteiger partial charge >= 0.3 is 0 Å². The summed E-state index contributed by atoms with van der Waals surface area (Å²) in [5, 5.41) is 0. The molecule has 1 aromatic heterocycles. The molecule has 2 aliphatic heterocycles. The van der Waals surface area contributed by atoms with Crippen molar-refractivity contribution < 1.29 is 9.47 Å². The fourth-order valence-corrected chi connectivity index (χ4v) is 3.61. The summed E-state index contributed by atoms with van der Waals surface area (Å²) in [5.74, 6) is 2.56. The summed E-state index contributed by atoms with van der Waals surface area (Å²) in [6, 6.07) is 0.279. The van der Waals surface area contributed by atoms with E-state index in [9.17, 15) is 0 Å². The highest BCUT2D eigenvalue weighted by molar-refractivity contribution is 7.99. The zero-order valence-electron chi connectivity index (χ0n) is 14.3. The number of ether oxygens (including phenoxy) is 2. The molecule has 1 fully saturated rings. The highest BCUT2D eigenvalue weighted by Crippen LogP contribution is 2.47. The largest absolute Gasteiger partial charge is 0.485 e. The maximum atomic E-state index is 6.16. The maximum absolute atomic E-state index is 6.16. The van der Waals surface area contributed by atoms with Crippen LogP contribution in [0.4, 0.5) is 5.82 Å². The first-order valence-electron chi connectivity index (χ1n) is 7.73. The molecule has 0 aliphatic carbocycles. The average Bonchev–Trinajstić information content (AvgIpc) is 2.45. The van der Waals surface area contributed by atoms with Crippen molar-refractivity contribution in [2.75, 3.05) is 31.0 Å². The van der Waals surface area contributed by atoms with E-state index in [0.29, 0.717) is 13.2 Å². The van der Waals surface area contributed by atoms with E-state index in [1.807, 2.05) is 6.92 Å². The van der Waals surface area contributed by atoms with Crippen LogP contribution in [0.2, 0.25) is 0 Å². The van der Waals surface area contributed by atoms with Crippen molar-refractivity contribution in [3.05, 3.63) is 11.5 Å². The van der Waals surface area contributed by atoms with Crippen LogP contribution >= 0.6 is 11.8 Å². The molecule has 1 saturated heterocycles. The molecule has 0 saturated carbocycles. The third-order valence-corrected chi connectivity index (χ3v) is 5.80. The van der Waals surface area contributed by atoms with E-state index in [-0.39, 0.29) is 16.3 Å². The van der Waals surface area contributed by atoms with Gasteiger partial charge in [0.05, 0.1) is 29.5 Å².